The number of aryl methyl sites for hydroxylation is 1. The lowest BCUT2D eigenvalue weighted by molar-refractivity contribution is -0.159. The number of fused-ring (bicyclic) bond motifs is 5. The maximum absolute atomic E-state index is 13.5. The summed E-state index contributed by atoms with van der Waals surface area (Å²) in [5, 5.41) is 15.6. The van der Waals surface area contributed by atoms with Crippen LogP contribution in [-0.2, 0) is 18.4 Å². The van der Waals surface area contributed by atoms with E-state index in [1.807, 2.05) is 6.92 Å². The Morgan fingerprint density at radius 1 is 1.10 bits per heavy atom. The molecule has 7 rings (SSSR count). The average Bonchev–Trinajstić information content (AvgIpc) is 3.55. The zero-order valence-electron chi connectivity index (χ0n) is 22.3. The molecule has 40 heavy (non-hydrogen) atoms. The van der Waals surface area contributed by atoms with E-state index in [-0.39, 0.29) is 41.1 Å². The summed E-state index contributed by atoms with van der Waals surface area (Å²) in [5.41, 5.74) is 1.35. The number of carboxylic acid groups (broad SMARTS) is 1. The van der Waals surface area contributed by atoms with Crippen LogP contribution in [0.5, 0.6) is 0 Å². The van der Waals surface area contributed by atoms with Crippen molar-refractivity contribution in [3.05, 3.63) is 64.2 Å². The third kappa shape index (κ3) is 4.14. The Morgan fingerprint density at radius 2 is 1.82 bits per heavy atom. The van der Waals surface area contributed by atoms with Gasteiger partial charge in [-0.2, -0.15) is 0 Å². The highest BCUT2D eigenvalue weighted by Crippen LogP contribution is 2.58. The van der Waals surface area contributed by atoms with Gasteiger partial charge in [-0.15, -0.1) is 0 Å². The third-order valence-corrected chi connectivity index (χ3v) is 9.17. The number of amides is 2. The molecule has 1 aromatic carbocycles. The number of imidazole rings is 1. The number of oxazole rings is 1. The van der Waals surface area contributed by atoms with Crippen molar-refractivity contribution in [2.24, 2.45) is 17.9 Å². The van der Waals surface area contributed by atoms with Gasteiger partial charge in [-0.3, -0.25) is 23.4 Å². The van der Waals surface area contributed by atoms with Crippen LogP contribution in [0.1, 0.15) is 72.0 Å². The number of nitrogens with zero attached hydrogens (tertiary/aromatic N) is 4. The van der Waals surface area contributed by atoms with Crippen molar-refractivity contribution in [2.75, 3.05) is 0 Å². The van der Waals surface area contributed by atoms with Crippen molar-refractivity contribution in [2.45, 2.75) is 58.0 Å². The van der Waals surface area contributed by atoms with Gasteiger partial charge in [0.2, 0.25) is 5.78 Å². The van der Waals surface area contributed by atoms with Crippen molar-refractivity contribution < 1.29 is 23.9 Å². The van der Waals surface area contributed by atoms with E-state index in [0.29, 0.717) is 30.4 Å². The van der Waals surface area contributed by atoms with Crippen LogP contribution in [0.4, 0.5) is 0 Å². The third-order valence-electron chi connectivity index (χ3n) is 9.17. The number of carboxylic acids is 1. The number of hydrogen-bond acceptors (Lipinski definition) is 7. The molecule has 0 saturated heterocycles. The molecular formula is C28H30N6O6. The molecule has 3 heterocycles. The van der Waals surface area contributed by atoms with Crippen molar-refractivity contribution in [1.29, 1.82) is 0 Å². The predicted octanol–water partition coefficient (Wildman–Crippen LogP) is 2.65. The quantitative estimate of drug-likeness (QED) is 0.319. The lowest BCUT2D eigenvalue weighted by Gasteiger charge is -2.54. The van der Waals surface area contributed by atoms with E-state index in [4.69, 9.17) is 4.42 Å². The molecule has 3 aliphatic carbocycles. The monoisotopic (exact) mass is 546 g/mol. The Balaban J connectivity index is 1.19. The number of rotatable bonds is 7. The molecule has 0 radical (unpaired) electrons. The first-order valence-electron chi connectivity index (χ1n) is 13.4. The van der Waals surface area contributed by atoms with Crippen LogP contribution >= 0.6 is 0 Å². The summed E-state index contributed by atoms with van der Waals surface area (Å²) in [6, 6.07) is 6.47. The summed E-state index contributed by atoms with van der Waals surface area (Å²) in [6.07, 6.45) is 7.26. The second kappa shape index (κ2) is 9.32. The molecule has 1 unspecified atom stereocenters. The number of aliphatic carboxylic acids is 1. The van der Waals surface area contributed by atoms with E-state index in [1.165, 1.54) is 16.8 Å². The summed E-state index contributed by atoms with van der Waals surface area (Å²) in [7, 11) is 1.61. The number of benzene rings is 1. The highest BCUT2D eigenvalue weighted by atomic mass is 16.4. The molecule has 3 N–H and O–H groups in total. The summed E-state index contributed by atoms with van der Waals surface area (Å²) >= 11 is 0. The highest BCUT2D eigenvalue weighted by Gasteiger charge is 2.54. The van der Waals surface area contributed by atoms with Gasteiger partial charge in [-0.1, -0.05) is 6.07 Å². The molecule has 4 aromatic rings. The van der Waals surface area contributed by atoms with Gasteiger partial charge in [0, 0.05) is 32.0 Å². The maximum Gasteiger partial charge on any atom is 0.419 e. The molecule has 3 aliphatic rings. The standard InChI is InChI=1S/C28H30N6O6/c1-16(27-5-8-28(9-6-27,10-7-27)24(37)38)31-23(36)20-14-18(32-25-29-11-12-34(20)25)22(35)30-15-17-3-4-21-19(13-17)33(2)26(39)40-21/h3-4,11-14,16H,5-10,15H2,1-2H3,(H,30,35)(H,31,36)(H,37,38). The molecule has 12 nitrogen and oxygen atoms in total. The van der Waals surface area contributed by atoms with Gasteiger partial charge in [0.1, 0.15) is 11.4 Å². The Labute approximate surface area is 228 Å². The van der Waals surface area contributed by atoms with E-state index < -0.39 is 23.0 Å². The van der Waals surface area contributed by atoms with Gasteiger partial charge in [0.05, 0.1) is 10.9 Å². The molecular weight excluding hydrogens is 516 g/mol. The lowest BCUT2D eigenvalue weighted by Crippen LogP contribution is -2.54. The van der Waals surface area contributed by atoms with Crippen molar-refractivity contribution >= 4 is 34.7 Å². The summed E-state index contributed by atoms with van der Waals surface area (Å²) in [4.78, 5) is 58.7. The first-order valence-corrected chi connectivity index (χ1v) is 13.4. The van der Waals surface area contributed by atoms with Gasteiger partial charge in [-0.05, 0) is 74.6 Å². The Morgan fingerprint density at radius 3 is 2.52 bits per heavy atom. The fourth-order valence-corrected chi connectivity index (χ4v) is 6.36. The number of aromatic nitrogens is 4. The van der Waals surface area contributed by atoms with Gasteiger partial charge in [0.15, 0.2) is 5.58 Å². The second-order valence-corrected chi connectivity index (χ2v) is 11.2. The number of carbonyl (C=O) groups excluding carboxylic acids is 2. The van der Waals surface area contributed by atoms with E-state index in [2.05, 4.69) is 20.6 Å². The van der Waals surface area contributed by atoms with Crippen molar-refractivity contribution in [3.8, 4) is 0 Å². The molecule has 3 fully saturated rings. The molecule has 208 valence electrons. The zero-order chi connectivity index (χ0) is 28.2. The lowest BCUT2D eigenvalue weighted by atomic mass is 9.52. The largest absolute Gasteiger partial charge is 0.481 e. The van der Waals surface area contributed by atoms with E-state index in [1.54, 1.807) is 35.8 Å². The minimum atomic E-state index is -0.713. The van der Waals surface area contributed by atoms with E-state index >= 15 is 0 Å². The molecule has 12 heteroatoms. The van der Waals surface area contributed by atoms with Crippen LogP contribution < -0.4 is 16.4 Å². The van der Waals surface area contributed by atoms with Crippen LogP contribution in [0, 0.1) is 10.8 Å². The normalized spacial score (nSPS) is 22.9. The smallest absolute Gasteiger partial charge is 0.419 e. The Kier molecular flexibility index (Phi) is 6.00. The van der Waals surface area contributed by atoms with Crippen molar-refractivity contribution in [1.82, 2.24) is 29.6 Å². The van der Waals surface area contributed by atoms with Crippen LogP contribution in [0.3, 0.4) is 0 Å². The first-order chi connectivity index (χ1) is 19.1. The summed E-state index contributed by atoms with van der Waals surface area (Å²) < 4.78 is 8.09. The topological polar surface area (TPSA) is 161 Å². The van der Waals surface area contributed by atoms with Gasteiger partial charge in [-0.25, -0.2) is 14.8 Å². The predicted molar refractivity (Wildman–Crippen MR) is 143 cm³/mol. The van der Waals surface area contributed by atoms with E-state index in [0.717, 1.165) is 24.8 Å². The maximum atomic E-state index is 13.5. The molecule has 1 atom stereocenters. The second-order valence-electron chi connectivity index (χ2n) is 11.2. The SMILES string of the molecule is CC(NC(=O)c1cc(C(=O)NCc2ccc3oc(=O)n(C)c3c2)nc2nccn12)C12CCC(C(=O)O)(CC1)CC2. The molecule has 3 saturated carbocycles. The molecule has 2 amide bonds. The number of carbonyl (C=O) groups is 3. The van der Waals surface area contributed by atoms with E-state index in [9.17, 15) is 24.3 Å². The van der Waals surface area contributed by atoms with Crippen LogP contribution in [0.15, 0.2) is 45.9 Å². The average molecular weight is 547 g/mol. The Bertz CT molecular complexity index is 1710. The minimum Gasteiger partial charge on any atom is -0.481 e. The zero-order valence-corrected chi connectivity index (χ0v) is 22.3. The fourth-order valence-electron chi connectivity index (χ4n) is 6.36. The molecule has 0 aliphatic heterocycles. The summed E-state index contributed by atoms with van der Waals surface area (Å²) in [6.45, 7) is 2.15. The van der Waals surface area contributed by atoms with Gasteiger partial charge >= 0.3 is 11.7 Å². The van der Waals surface area contributed by atoms with Crippen molar-refractivity contribution in [3.63, 3.8) is 0 Å². The molecule has 2 bridgehead atoms. The molecule has 0 spiro atoms. The van der Waals surface area contributed by atoms with Gasteiger partial charge in [0.25, 0.3) is 11.8 Å². The number of hydrogen-bond donors (Lipinski definition) is 3. The highest BCUT2D eigenvalue weighted by molar-refractivity contribution is 5.98. The van der Waals surface area contributed by atoms with Crippen LogP contribution in [-0.4, -0.2) is 47.9 Å². The number of nitrogens with one attached hydrogen (secondary N) is 2. The first kappa shape index (κ1) is 25.8. The van der Waals surface area contributed by atoms with Gasteiger partial charge < -0.3 is 20.2 Å². The van der Waals surface area contributed by atoms with Crippen LogP contribution in [0.25, 0.3) is 16.9 Å². The minimum absolute atomic E-state index is 0.0491. The Hall–Kier alpha value is -4.48. The van der Waals surface area contributed by atoms with Crippen LogP contribution in [0.2, 0.25) is 0 Å². The molecule has 3 aromatic heterocycles. The summed E-state index contributed by atoms with van der Waals surface area (Å²) in [5.74, 6) is -1.78. The fraction of sp³-hybridized carbons (Fsp3) is 0.429.